The van der Waals surface area contributed by atoms with Crippen molar-refractivity contribution in [2.75, 3.05) is 13.2 Å². The van der Waals surface area contributed by atoms with Crippen molar-refractivity contribution in [2.45, 2.75) is 110 Å². The summed E-state index contributed by atoms with van der Waals surface area (Å²) in [6.07, 6.45) is 17.5. The van der Waals surface area contributed by atoms with E-state index in [0.717, 1.165) is 38.5 Å². The van der Waals surface area contributed by atoms with Gasteiger partial charge in [-0.2, -0.15) is 8.42 Å². The van der Waals surface area contributed by atoms with E-state index in [1.54, 1.807) is 0 Å². The van der Waals surface area contributed by atoms with Crippen LogP contribution in [0.3, 0.4) is 0 Å². The summed E-state index contributed by atoms with van der Waals surface area (Å²) in [6, 6.07) is 0. The molecular weight excluding hydrogens is 347 g/mol. The molecular formula is C19H41NaO4S. The Hall–Kier alpha value is 0.870. The zero-order valence-electron chi connectivity index (χ0n) is 16.1. The molecule has 4 nitrogen and oxygen atoms in total. The van der Waals surface area contributed by atoms with Crippen molar-refractivity contribution < 1.29 is 16.8 Å². The first kappa shape index (κ1) is 28.1. The van der Waals surface area contributed by atoms with Gasteiger partial charge >= 0.3 is 40.0 Å². The third kappa shape index (κ3) is 22.8. The maximum atomic E-state index is 11.5. The van der Waals surface area contributed by atoms with Crippen LogP contribution in [0.4, 0.5) is 0 Å². The van der Waals surface area contributed by atoms with Crippen LogP contribution >= 0.6 is 0 Å². The summed E-state index contributed by atoms with van der Waals surface area (Å²) >= 11 is 0. The van der Waals surface area contributed by atoms with E-state index in [1.165, 1.54) is 57.8 Å². The Morgan fingerprint density at radius 3 is 1.12 bits per heavy atom. The molecule has 0 rings (SSSR count). The van der Waals surface area contributed by atoms with Crippen molar-refractivity contribution in [2.24, 2.45) is 0 Å². The van der Waals surface area contributed by atoms with Gasteiger partial charge in [-0.1, -0.05) is 97.3 Å². The van der Waals surface area contributed by atoms with Gasteiger partial charge in [0.1, 0.15) is 0 Å². The normalized spacial score (nSPS) is 11.4. The Morgan fingerprint density at radius 1 is 0.520 bits per heavy atom. The van der Waals surface area contributed by atoms with Gasteiger partial charge < -0.3 is 0 Å². The summed E-state index contributed by atoms with van der Waals surface area (Å²) in [5.74, 6) is 0. The Labute approximate surface area is 179 Å². The zero-order chi connectivity index (χ0) is 17.9. The Bertz CT molecular complexity index is 347. The average molecular weight is 389 g/mol. The molecule has 0 fully saturated rings. The third-order valence-corrected chi connectivity index (χ3v) is 5.11. The Kier molecular flexibility index (Phi) is 23.8. The van der Waals surface area contributed by atoms with Crippen LogP contribution in [-0.2, 0) is 18.8 Å². The number of hydrogen-bond donors (Lipinski definition) is 0. The van der Waals surface area contributed by atoms with E-state index < -0.39 is 10.4 Å². The molecule has 25 heavy (non-hydrogen) atoms. The average Bonchev–Trinajstić information content (AvgIpc) is 2.56. The first-order chi connectivity index (χ1) is 11.6. The Balaban J connectivity index is 0. The SMILES string of the molecule is CCCCCCCCCCCCOS(=O)(=O)OCCCCCCC.[NaH]. The van der Waals surface area contributed by atoms with E-state index in [0.29, 0.717) is 0 Å². The number of rotatable bonds is 19. The van der Waals surface area contributed by atoms with Crippen LogP contribution in [0.1, 0.15) is 110 Å². The van der Waals surface area contributed by atoms with Crippen molar-refractivity contribution in [1.29, 1.82) is 0 Å². The van der Waals surface area contributed by atoms with Gasteiger partial charge in [-0.05, 0) is 12.8 Å². The molecule has 0 radical (unpaired) electrons. The predicted molar refractivity (Wildman–Crippen MR) is 109 cm³/mol. The summed E-state index contributed by atoms with van der Waals surface area (Å²) in [4.78, 5) is 0. The van der Waals surface area contributed by atoms with Crippen LogP contribution in [0.15, 0.2) is 0 Å². The molecule has 0 amide bonds. The molecule has 148 valence electrons. The first-order valence-electron chi connectivity index (χ1n) is 10.2. The molecule has 0 bridgehead atoms. The van der Waals surface area contributed by atoms with Crippen molar-refractivity contribution in [3.63, 3.8) is 0 Å². The van der Waals surface area contributed by atoms with Gasteiger partial charge in [0.15, 0.2) is 0 Å². The second-order valence-corrected chi connectivity index (χ2v) is 7.94. The van der Waals surface area contributed by atoms with E-state index in [9.17, 15) is 8.42 Å². The standard InChI is InChI=1S/C19H40O4S.Na.H/c1-3-5-7-9-10-11-12-13-15-17-19-23-24(20,21)22-18-16-14-8-6-4-2;;/h3-19H2,1-2H3;;. The van der Waals surface area contributed by atoms with Crippen LogP contribution in [-0.4, -0.2) is 51.2 Å². The first-order valence-corrected chi connectivity index (χ1v) is 11.5. The van der Waals surface area contributed by atoms with Crippen molar-refractivity contribution >= 4 is 40.0 Å². The molecule has 0 aliphatic carbocycles. The molecule has 0 aromatic rings. The topological polar surface area (TPSA) is 52.6 Å². The van der Waals surface area contributed by atoms with Crippen molar-refractivity contribution in [3.05, 3.63) is 0 Å². The van der Waals surface area contributed by atoms with Crippen LogP contribution in [0, 0.1) is 0 Å². The fraction of sp³-hybridized carbons (Fsp3) is 1.00. The van der Waals surface area contributed by atoms with Crippen LogP contribution in [0.2, 0.25) is 0 Å². The van der Waals surface area contributed by atoms with Crippen LogP contribution in [0.25, 0.3) is 0 Å². The minimum absolute atomic E-state index is 0. The summed E-state index contributed by atoms with van der Waals surface area (Å²) in [5.41, 5.74) is 0. The molecule has 0 N–H and O–H groups in total. The van der Waals surface area contributed by atoms with Crippen molar-refractivity contribution in [3.8, 4) is 0 Å². The van der Waals surface area contributed by atoms with Crippen LogP contribution < -0.4 is 0 Å². The molecule has 0 aromatic carbocycles. The molecule has 0 atom stereocenters. The van der Waals surface area contributed by atoms with E-state index in [2.05, 4.69) is 13.8 Å². The molecule has 6 heteroatoms. The Morgan fingerprint density at radius 2 is 0.800 bits per heavy atom. The van der Waals surface area contributed by atoms with Gasteiger partial charge in [0, 0.05) is 0 Å². The second-order valence-electron chi connectivity index (χ2n) is 6.65. The molecule has 0 saturated heterocycles. The molecule has 0 aliphatic rings. The zero-order valence-corrected chi connectivity index (χ0v) is 16.9. The van der Waals surface area contributed by atoms with Gasteiger partial charge in [0.05, 0.1) is 13.2 Å². The van der Waals surface area contributed by atoms with E-state index in [1.807, 2.05) is 0 Å². The molecule has 0 saturated carbocycles. The summed E-state index contributed by atoms with van der Waals surface area (Å²) < 4.78 is 32.8. The van der Waals surface area contributed by atoms with Gasteiger partial charge in [0.2, 0.25) is 0 Å². The van der Waals surface area contributed by atoms with Crippen LogP contribution in [0.5, 0.6) is 0 Å². The van der Waals surface area contributed by atoms with E-state index in [4.69, 9.17) is 8.37 Å². The monoisotopic (exact) mass is 388 g/mol. The van der Waals surface area contributed by atoms with E-state index >= 15 is 0 Å². The molecule has 0 spiro atoms. The predicted octanol–water partition coefficient (Wildman–Crippen LogP) is 5.51. The molecule has 0 aromatic heterocycles. The third-order valence-electron chi connectivity index (χ3n) is 4.20. The van der Waals surface area contributed by atoms with Gasteiger partial charge in [-0.3, -0.25) is 0 Å². The van der Waals surface area contributed by atoms with E-state index in [-0.39, 0.29) is 42.8 Å². The van der Waals surface area contributed by atoms with Gasteiger partial charge in [-0.25, -0.2) is 8.37 Å². The van der Waals surface area contributed by atoms with Gasteiger partial charge in [-0.15, -0.1) is 0 Å². The molecule has 0 unspecified atom stereocenters. The summed E-state index contributed by atoms with van der Waals surface area (Å²) in [7, 11) is -3.78. The van der Waals surface area contributed by atoms with Crippen molar-refractivity contribution in [1.82, 2.24) is 0 Å². The summed E-state index contributed by atoms with van der Waals surface area (Å²) in [5, 5.41) is 0. The second kappa shape index (κ2) is 21.2. The number of unbranched alkanes of at least 4 members (excludes halogenated alkanes) is 13. The fourth-order valence-electron chi connectivity index (χ4n) is 2.65. The number of hydrogen-bond acceptors (Lipinski definition) is 4. The quantitative estimate of drug-likeness (QED) is 0.216. The fourth-order valence-corrected chi connectivity index (χ4v) is 3.36. The maximum absolute atomic E-state index is 11.5. The minimum atomic E-state index is -3.78. The molecule has 0 heterocycles. The molecule has 0 aliphatic heterocycles. The van der Waals surface area contributed by atoms with Gasteiger partial charge in [0.25, 0.3) is 0 Å². The summed E-state index contributed by atoms with van der Waals surface area (Å²) in [6.45, 7) is 4.88.